The molecule has 2 saturated carbocycles. The van der Waals surface area contributed by atoms with Gasteiger partial charge in [-0.25, -0.2) is 14.8 Å². The highest BCUT2D eigenvalue weighted by Crippen LogP contribution is 2.59. The number of hydrogen-bond acceptors (Lipinski definition) is 11. The van der Waals surface area contributed by atoms with Gasteiger partial charge < -0.3 is 39.6 Å². The van der Waals surface area contributed by atoms with Crippen LogP contribution in [0.5, 0.6) is 11.5 Å². The fourth-order valence-electron chi connectivity index (χ4n) is 8.10. The molecule has 1 aliphatic heterocycles. The molecule has 2 aromatic heterocycles. The molecule has 6 atom stereocenters. The summed E-state index contributed by atoms with van der Waals surface area (Å²) in [6, 6.07) is 14.7. The predicted octanol–water partition coefficient (Wildman–Crippen LogP) is 7.52. The van der Waals surface area contributed by atoms with E-state index >= 15 is 0 Å². The van der Waals surface area contributed by atoms with Crippen LogP contribution < -0.4 is 30.7 Å². The van der Waals surface area contributed by atoms with Crippen LogP contribution in [0.3, 0.4) is 0 Å². The number of hydrogen-bond donors (Lipinski definition) is 3. The van der Waals surface area contributed by atoms with Crippen molar-refractivity contribution in [2.75, 3.05) is 19.0 Å². The summed E-state index contributed by atoms with van der Waals surface area (Å²) < 4.78 is 32.3. The Morgan fingerprint density at radius 2 is 1.78 bits per heavy atom. The second-order valence-electron chi connectivity index (χ2n) is 17.2. The lowest BCUT2D eigenvalue weighted by Crippen LogP contribution is -2.58. The van der Waals surface area contributed by atoms with E-state index in [0.717, 1.165) is 30.8 Å². The zero-order chi connectivity index (χ0) is 42.1. The third-order valence-electron chi connectivity index (χ3n) is 11.3. The summed E-state index contributed by atoms with van der Waals surface area (Å²) in [5, 5.41) is 12.4. The topological polar surface area (TPSA) is 161 Å². The number of rotatable bonds is 14. The third kappa shape index (κ3) is 9.29. The summed E-state index contributed by atoms with van der Waals surface area (Å²) >= 11 is 1.48. The highest BCUT2D eigenvalue weighted by atomic mass is 32.1. The van der Waals surface area contributed by atoms with E-state index in [1.165, 1.54) is 16.2 Å². The summed E-state index contributed by atoms with van der Waals surface area (Å²) in [5.74, 6) is 0.0393. The van der Waals surface area contributed by atoms with Crippen molar-refractivity contribution in [2.45, 2.75) is 109 Å². The number of carbonyl (C=O) groups is 3. The quantitative estimate of drug-likeness (QED) is 0.0856. The van der Waals surface area contributed by atoms with Crippen molar-refractivity contribution in [1.29, 1.82) is 0 Å². The zero-order valence-electron chi connectivity index (χ0n) is 34.6. The predicted molar refractivity (Wildman–Crippen MR) is 232 cm³/mol. The SMILES string of the molecule is C=C[C@@H]1C[C@]1(NC(=O)[C@@H]1C[C@@H](Oc2cc(-c3csc(NC(C)C)n3)nc3cc(OC)ccc23)CN1C(=O)[C@@H](NC(=O)OC1CCCC1)C(C)(C)C)[PH](=O)c1ccccc1. The molecule has 13 nitrogen and oxygen atoms in total. The van der Waals surface area contributed by atoms with Gasteiger partial charge in [-0.15, -0.1) is 17.9 Å². The molecule has 15 heteroatoms. The Hall–Kier alpha value is -4.94. The second-order valence-corrected chi connectivity index (χ2v) is 20.2. The summed E-state index contributed by atoms with van der Waals surface area (Å²) in [4.78, 5) is 54.0. The number of thiazole rings is 1. The van der Waals surface area contributed by atoms with Crippen molar-refractivity contribution in [1.82, 2.24) is 25.5 Å². The lowest BCUT2D eigenvalue weighted by molar-refractivity contribution is -0.142. The fraction of sp³-hybridized carbons (Fsp3) is 0.477. The lowest BCUT2D eigenvalue weighted by Gasteiger charge is -2.35. The summed E-state index contributed by atoms with van der Waals surface area (Å²) in [7, 11) is -0.942. The number of fused-ring (bicyclic) bond motifs is 1. The van der Waals surface area contributed by atoms with Gasteiger partial charge in [0.05, 0.1) is 24.9 Å². The maximum atomic E-state index is 14.8. The van der Waals surface area contributed by atoms with E-state index in [1.807, 2.05) is 94.6 Å². The molecule has 2 aliphatic carbocycles. The first-order chi connectivity index (χ1) is 28.2. The van der Waals surface area contributed by atoms with E-state index < -0.39 is 54.6 Å². The number of pyridine rings is 1. The van der Waals surface area contributed by atoms with Crippen LogP contribution in [0.1, 0.15) is 73.1 Å². The normalized spacial score (nSPS) is 22.8. The van der Waals surface area contributed by atoms with Gasteiger partial charge in [0, 0.05) is 46.6 Å². The molecule has 3 amide bonds. The Kier molecular flexibility index (Phi) is 12.4. The number of ether oxygens (including phenoxy) is 3. The maximum absolute atomic E-state index is 14.8. The van der Waals surface area contributed by atoms with Crippen molar-refractivity contribution < 1.29 is 33.2 Å². The molecular weight excluding hydrogens is 788 g/mol. The highest BCUT2D eigenvalue weighted by Gasteiger charge is 2.59. The molecule has 1 unspecified atom stereocenters. The Labute approximate surface area is 350 Å². The van der Waals surface area contributed by atoms with Gasteiger partial charge in [0.2, 0.25) is 11.8 Å². The van der Waals surface area contributed by atoms with Crippen LogP contribution in [0.15, 0.2) is 72.6 Å². The number of likely N-dealkylation sites (tertiary alicyclic amines) is 1. The summed E-state index contributed by atoms with van der Waals surface area (Å²) in [6.45, 7) is 13.7. The van der Waals surface area contributed by atoms with Gasteiger partial charge in [0.25, 0.3) is 0 Å². The third-order valence-corrected chi connectivity index (χ3v) is 14.5. The number of methoxy groups -OCH3 is 1. The Balaban J connectivity index is 1.22. The number of benzene rings is 2. The van der Waals surface area contributed by atoms with Crippen LogP contribution in [-0.4, -0.2) is 82.0 Å². The van der Waals surface area contributed by atoms with Gasteiger partial charge in [-0.1, -0.05) is 57.2 Å². The number of aromatic nitrogens is 2. The number of amides is 3. The van der Waals surface area contributed by atoms with Gasteiger partial charge in [0.15, 0.2) is 5.13 Å². The number of nitrogens with one attached hydrogen (secondary N) is 3. The molecular formula is C44H55N6O7PS. The first kappa shape index (κ1) is 42.2. The van der Waals surface area contributed by atoms with Crippen molar-refractivity contribution in [3.05, 3.63) is 72.6 Å². The smallest absolute Gasteiger partial charge is 0.408 e. The average Bonchev–Trinajstić information content (AvgIpc) is 3.63. The van der Waals surface area contributed by atoms with E-state index in [0.29, 0.717) is 45.5 Å². The zero-order valence-corrected chi connectivity index (χ0v) is 36.4. The Bertz CT molecular complexity index is 2220. The molecule has 3 fully saturated rings. The molecule has 1 saturated heterocycles. The van der Waals surface area contributed by atoms with Gasteiger partial charge >= 0.3 is 6.09 Å². The molecule has 0 spiro atoms. The maximum Gasteiger partial charge on any atom is 0.408 e. The number of anilines is 1. The molecule has 59 heavy (non-hydrogen) atoms. The second kappa shape index (κ2) is 17.3. The van der Waals surface area contributed by atoms with Gasteiger partial charge in [-0.2, -0.15) is 0 Å². The molecule has 3 heterocycles. The minimum atomic E-state index is -2.53. The summed E-state index contributed by atoms with van der Waals surface area (Å²) in [5.41, 5.74) is 1.13. The highest BCUT2D eigenvalue weighted by molar-refractivity contribution is 7.55. The summed E-state index contributed by atoms with van der Waals surface area (Å²) in [6.07, 6.45) is 4.36. The van der Waals surface area contributed by atoms with Crippen molar-refractivity contribution in [2.24, 2.45) is 11.3 Å². The number of alkyl carbamates (subject to hydrolysis) is 1. The number of nitrogens with zero attached hydrogens (tertiary/aromatic N) is 3. The molecule has 7 rings (SSSR count). The Morgan fingerprint density at radius 3 is 2.44 bits per heavy atom. The Morgan fingerprint density at radius 1 is 1.03 bits per heavy atom. The molecule has 3 N–H and O–H groups in total. The fourth-order valence-corrected chi connectivity index (χ4v) is 11.1. The van der Waals surface area contributed by atoms with Gasteiger partial charge in [-0.05, 0) is 63.5 Å². The van der Waals surface area contributed by atoms with E-state index in [-0.39, 0.29) is 31.0 Å². The minimum absolute atomic E-state index is 0.0447. The molecule has 0 radical (unpaired) electrons. The van der Waals surface area contributed by atoms with Crippen LogP contribution in [-0.2, 0) is 18.9 Å². The van der Waals surface area contributed by atoms with Crippen molar-refractivity contribution >= 4 is 58.4 Å². The average molecular weight is 843 g/mol. The van der Waals surface area contributed by atoms with E-state index in [2.05, 4.69) is 22.5 Å². The van der Waals surface area contributed by atoms with Gasteiger partial charge in [0.1, 0.15) is 54.6 Å². The molecule has 4 aromatic rings. The largest absolute Gasteiger partial charge is 0.497 e. The van der Waals surface area contributed by atoms with Crippen LogP contribution in [0.4, 0.5) is 9.93 Å². The van der Waals surface area contributed by atoms with Crippen LogP contribution in [0, 0.1) is 11.3 Å². The van der Waals surface area contributed by atoms with Crippen molar-refractivity contribution in [3.63, 3.8) is 0 Å². The first-order valence-electron chi connectivity index (χ1n) is 20.4. The van der Waals surface area contributed by atoms with E-state index in [9.17, 15) is 18.9 Å². The molecule has 2 aromatic carbocycles. The van der Waals surface area contributed by atoms with E-state index in [1.54, 1.807) is 13.2 Å². The first-order valence-corrected chi connectivity index (χ1v) is 22.7. The minimum Gasteiger partial charge on any atom is -0.497 e. The molecule has 314 valence electrons. The van der Waals surface area contributed by atoms with Crippen LogP contribution >= 0.6 is 19.1 Å². The molecule has 0 bridgehead atoms. The standard InChI is InChI=1S/C44H55N6O7PS/c1-8-27-23-44(27,58(54)31-16-10-9-11-17-31)49-39(51)36-21-30(24-50(36)40(52)38(43(4,5)6)48-42(53)57-28-14-12-13-15-28)56-37-22-34(35-25-59-41(47-35)45-26(2)3)46-33-20-29(55-7)18-19-32(33)37/h8-11,16-20,22,25-28,30,36,38,58H,1,12-15,21,23-24H2,2-7H3,(H,45,47)(H,48,53)(H,49,51)/t27-,30-,36+,38-,44+/m1/s1. The lowest BCUT2D eigenvalue weighted by atomic mass is 9.85. The monoisotopic (exact) mass is 842 g/mol. The van der Waals surface area contributed by atoms with Crippen LogP contribution in [0.2, 0.25) is 0 Å². The van der Waals surface area contributed by atoms with Gasteiger partial charge in [-0.3, -0.25) is 9.59 Å². The number of carbonyl (C=O) groups excluding carboxylic acids is 3. The van der Waals surface area contributed by atoms with E-state index in [4.69, 9.17) is 24.2 Å². The molecule has 3 aliphatic rings. The van der Waals surface area contributed by atoms with Crippen molar-refractivity contribution in [3.8, 4) is 22.9 Å². The van der Waals surface area contributed by atoms with Crippen LogP contribution in [0.25, 0.3) is 22.3 Å².